The van der Waals surface area contributed by atoms with Crippen molar-refractivity contribution in [3.05, 3.63) is 76.6 Å². The van der Waals surface area contributed by atoms with E-state index in [1.165, 1.54) is 6.92 Å². The van der Waals surface area contributed by atoms with Gasteiger partial charge in [-0.3, -0.25) is 14.4 Å². The van der Waals surface area contributed by atoms with Crippen LogP contribution >= 0.6 is 0 Å². The number of nitrogens with zero attached hydrogens (tertiary/aromatic N) is 2. The molecule has 4 rings (SSSR count). The molecule has 0 aliphatic carbocycles. The van der Waals surface area contributed by atoms with Gasteiger partial charge in [0.25, 0.3) is 11.5 Å². The molecule has 0 spiro atoms. The molecule has 0 atom stereocenters. The van der Waals surface area contributed by atoms with Crippen molar-refractivity contribution in [1.29, 1.82) is 0 Å². The first-order valence-corrected chi connectivity index (χ1v) is 11.4. The quantitative estimate of drug-likeness (QED) is 0.563. The van der Waals surface area contributed by atoms with Crippen molar-refractivity contribution in [2.75, 3.05) is 26.2 Å². The number of hydrogen-bond acceptors (Lipinski definition) is 4. The highest BCUT2D eigenvalue weighted by Gasteiger charge is 2.26. The number of hydrogen-bond donors (Lipinski definition) is 1. The smallest absolute Gasteiger partial charge is 0.253 e. The van der Waals surface area contributed by atoms with Gasteiger partial charge in [-0.25, -0.2) is 0 Å². The molecule has 2 heterocycles. The molecule has 3 aromatic rings. The molecule has 33 heavy (non-hydrogen) atoms. The summed E-state index contributed by atoms with van der Waals surface area (Å²) >= 11 is 0. The Kier molecular flexibility index (Phi) is 7.07. The number of nitrogens with one attached hydrogen (secondary N) is 1. The molecule has 0 saturated carbocycles. The Morgan fingerprint density at radius 2 is 1.73 bits per heavy atom. The molecule has 172 valence electrons. The van der Waals surface area contributed by atoms with Crippen LogP contribution in [0, 0.1) is 0 Å². The normalized spacial score (nSPS) is 14.3. The van der Waals surface area contributed by atoms with Crippen LogP contribution in [0.2, 0.25) is 0 Å². The number of ether oxygens (including phenoxy) is 1. The van der Waals surface area contributed by atoms with E-state index in [4.69, 9.17) is 4.74 Å². The number of pyridine rings is 1. The zero-order valence-electron chi connectivity index (χ0n) is 18.8. The van der Waals surface area contributed by atoms with Crippen LogP contribution < -0.4 is 15.6 Å². The van der Waals surface area contributed by atoms with E-state index in [0.29, 0.717) is 37.6 Å². The van der Waals surface area contributed by atoms with Crippen molar-refractivity contribution in [2.45, 2.75) is 32.2 Å². The van der Waals surface area contributed by atoms with Crippen LogP contribution in [0.15, 0.2) is 65.5 Å². The number of para-hydroxylation sites is 1. The van der Waals surface area contributed by atoms with Crippen molar-refractivity contribution in [1.82, 2.24) is 14.8 Å². The van der Waals surface area contributed by atoms with E-state index in [0.717, 1.165) is 30.2 Å². The van der Waals surface area contributed by atoms with Gasteiger partial charge in [0, 0.05) is 44.2 Å². The van der Waals surface area contributed by atoms with Gasteiger partial charge in [0.2, 0.25) is 5.91 Å². The molecule has 0 radical (unpaired) electrons. The highest BCUT2D eigenvalue weighted by molar-refractivity contribution is 5.94. The highest BCUT2D eigenvalue weighted by Crippen LogP contribution is 2.26. The fourth-order valence-electron chi connectivity index (χ4n) is 4.31. The van der Waals surface area contributed by atoms with Gasteiger partial charge in [0.15, 0.2) is 0 Å². The average Bonchev–Trinajstić information content (AvgIpc) is 2.84. The summed E-state index contributed by atoms with van der Waals surface area (Å²) in [5.41, 5.74) is 1.58. The Morgan fingerprint density at radius 1 is 1.00 bits per heavy atom. The lowest BCUT2D eigenvalue weighted by atomic mass is 10.0. The Hall–Kier alpha value is -3.61. The molecule has 1 aliphatic heterocycles. The second-order valence-corrected chi connectivity index (χ2v) is 8.33. The maximum Gasteiger partial charge on any atom is 0.253 e. The third-order valence-corrected chi connectivity index (χ3v) is 6.02. The molecule has 0 unspecified atom stereocenters. The third-order valence-electron chi connectivity index (χ3n) is 6.02. The maximum absolute atomic E-state index is 13.0. The molecule has 1 saturated heterocycles. The largest absolute Gasteiger partial charge is 0.494 e. The molecule has 1 aromatic heterocycles. The van der Waals surface area contributed by atoms with E-state index < -0.39 is 0 Å². The fourth-order valence-corrected chi connectivity index (χ4v) is 4.31. The number of aromatic nitrogens is 1. The molecular weight excluding hydrogens is 418 g/mol. The van der Waals surface area contributed by atoms with Gasteiger partial charge in [-0.1, -0.05) is 18.2 Å². The number of piperidine rings is 1. The topological polar surface area (TPSA) is 80.6 Å². The number of amides is 2. The molecule has 1 fully saturated rings. The summed E-state index contributed by atoms with van der Waals surface area (Å²) < 4.78 is 7.55. The Labute approximate surface area is 193 Å². The SMILES string of the molecule is CC(=O)NCCCOc1ccc(C(=O)N2CCC(n3c(=O)ccc4ccccc43)CC2)cc1. The summed E-state index contributed by atoms with van der Waals surface area (Å²) in [4.78, 5) is 38.3. The minimum atomic E-state index is -0.0499. The highest BCUT2D eigenvalue weighted by atomic mass is 16.5. The number of rotatable bonds is 7. The van der Waals surface area contributed by atoms with Gasteiger partial charge in [-0.2, -0.15) is 0 Å². The van der Waals surface area contributed by atoms with Gasteiger partial charge in [-0.15, -0.1) is 0 Å². The number of carbonyl (C=O) groups is 2. The first-order chi connectivity index (χ1) is 16.0. The van der Waals surface area contributed by atoms with Crippen molar-refractivity contribution in [3.63, 3.8) is 0 Å². The van der Waals surface area contributed by atoms with Crippen LogP contribution in [0.5, 0.6) is 5.75 Å². The second kappa shape index (κ2) is 10.3. The van der Waals surface area contributed by atoms with Crippen molar-refractivity contribution >= 4 is 22.7 Å². The summed E-state index contributed by atoms with van der Waals surface area (Å²) in [5, 5.41) is 3.78. The molecule has 2 amide bonds. The van der Waals surface area contributed by atoms with Gasteiger partial charge in [0.05, 0.1) is 12.1 Å². The van der Waals surface area contributed by atoms with Crippen LogP contribution in [0.25, 0.3) is 10.9 Å². The summed E-state index contributed by atoms with van der Waals surface area (Å²) in [5.74, 6) is 0.644. The Morgan fingerprint density at radius 3 is 2.45 bits per heavy atom. The zero-order chi connectivity index (χ0) is 23.2. The van der Waals surface area contributed by atoms with E-state index in [-0.39, 0.29) is 23.4 Å². The third kappa shape index (κ3) is 5.42. The monoisotopic (exact) mass is 447 g/mol. The first-order valence-electron chi connectivity index (χ1n) is 11.4. The molecule has 7 heteroatoms. The van der Waals surface area contributed by atoms with Gasteiger partial charge < -0.3 is 19.5 Å². The minimum absolute atomic E-state index is 0.00377. The molecule has 2 aromatic carbocycles. The van der Waals surface area contributed by atoms with Crippen LogP contribution in [0.3, 0.4) is 0 Å². The molecule has 0 bridgehead atoms. The average molecular weight is 448 g/mol. The van der Waals surface area contributed by atoms with Crippen LogP contribution in [-0.4, -0.2) is 47.5 Å². The molecule has 7 nitrogen and oxygen atoms in total. The molecule has 1 N–H and O–H groups in total. The lowest BCUT2D eigenvalue weighted by Gasteiger charge is -2.33. The number of likely N-dealkylation sites (tertiary alicyclic amines) is 1. The number of benzene rings is 2. The van der Waals surface area contributed by atoms with Crippen LogP contribution in [0.1, 0.15) is 42.6 Å². The molecular formula is C26H29N3O4. The van der Waals surface area contributed by atoms with Gasteiger partial charge >= 0.3 is 0 Å². The van der Waals surface area contributed by atoms with Gasteiger partial charge in [0.1, 0.15) is 5.75 Å². The fraction of sp³-hybridized carbons (Fsp3) is 0.346. The lowest BCUT2D eigenvalue weighted by Crippen LogP contribution is -2.40. The van der Waals surface area contributed by atoms with Gasteiger partial charge in [-0.05, 0) is 61.0 Å². The van der Waals surface area contributed by atoms with Crippen molar-refractivity contribution < 1.29 is 14.3 Å². The summed E-state index contributed by atoms with van der Waals surface area (Å²) in [7, 11) is 0. The van der Waals surface area contributed by atoms with E-state index in [1.807, 2.05) is 39.8 Å². The zero-order valence-corrected chi connectivity index (χ0v) is 18.8. The second-order valence-electron chi connectivity index (χ2n) is 8.33. The standard InChI is InChI=1S/C26H29N3O4/c1-19(30)27-15-4-18-33-23-10-7-21(8-11-23)26(32)28-16-13-22(14-17-28)29-24-6-3-2-5-20(24)9-12-25(29)31/h2-3,5-12,22H,4,13-18H2,1H3,(H,27,30). The minimum Gasteiger partial charge on any atom is -0.494 e. The maximum atomic E-state index is 13.0. The predicted octanol–water partition coefficient (Wildman–Crippen LogP) is 3.38. The van der Waals surface area contributed by atoms with Crippen molar-refractivity contribution in [2.24, 2.45) is 0 Å². The van der Waals surface area contributed by atoms with E-state index in [2.05, 4.69) is 5.32 Å². The number of carbonyl (C=O) groups excluding carboxylic acids is 2. The van der Waals surface area contributed by atoms with E-state index >= 15 is 0 Å². The van der Waals surface area contributed by atoms with E-state index in [9.17, 15) is 14.4 Å². The predicted molar refractivity (Wildman–Crippen MR) is 128 cm³/mol. The number of fused-ring (bicyclic) bond motifs is 1. The van der Waals surface area contributed by atoms with Crippen LogP contribution in [-0.2, 0) is 4.79 Å². The van der Waals surface area contributed by atoms with Crippen LogP contribution in [0.4, 0.5) is 0 Å². The van der Waals surface area contributed by atoms with Crippen molar-refractivity contribution in [3.8, 4) is 5.75 Å². The Bertz CT molecular complexity index is 1180. The summed E-state index contributed by atoms with van der Waals surface area (Å²) in [6, 6.07) is 18.7. The molecule has 1 aliphatic rings. The first kappa shape index (κ1) is 22.6. The summed E-state index contributed by atoms with van der Waals surface area (Å²) in [6.07, 6.45) is 2.21. The summed E-state index contributed by atoms with van der Waals surface area (Å²) in [6.45, 7) is 3.78. The Balaban J connectivity index is 1.33. The van der Waals surface area contributed by atoms with E-state index in [1.54, 1.807) is 30.3 Å². The lowest BCUT2D eigenvalue weighted by molar-refractivity contribution is -0.118.